The fraction of sp³-hybridized carbons (Fsp3) is 0.231. The molecule has 0 spiro atoms. The van der Waals surface area contributed by atoms with Gasteiger partial charge in [-0.3, -0.25) is 0 Å². The van der Waals surface area contributed by atoms with Gasteiger partial charge in [-0.2, -0.15) is 0 Å². The normalized spacial score (nSPS) is 10.3. The van der Waals surface area contributed by atoms with Crippen LogP contribution in [-0.4, -0.2) is 17.1 Å². The lowest BCUT2D eigenvalue weighted by atomic mass is 10.3. The molecule has 0 aliphatic rings. The number of rotatable bonds is 4. The second-order valence-electron chi connectivity index (χ2n) is 3.92. The van der Waals surface area contributed by atoms with Crippen molar-refractivity contribution in [2.75, 3.05) is 18.2 Å². The van der Waals surface area contributed by atoms with Crippen molar-refractivity contribution in [1.29, 1.82) is 0 Å². The molecule has 19 heavy (non-hydrogen) atoms. The number of hydrogen-bond donors (Lipinski definition) is 2. The molecule has 100 valence electrons. The van der Waals surface area contributed by atoms with Gasteiger partial charge >= 0.3 is 0 Å². The number of aryl methyl sites for hydroxylation is 1. The first-order valence-corrected chi connectivity index (χ1v) is 5.86. The van der Waals surface area contributed by atoms with Crippen molar-refractivity contribution in [2.24, 2.45) is 0 Å². The fourth-order valence-electron chi connectivity index (χ4n) is 1.60. The summed E-state index contributed by atoms with van der Waals surface area (Å²) in [6, 6.07) is 5.98. The van der Waals surface area contributed by atoms with Crippen LogP contribution in [0.15, 0.2) is 24.3 Å². The lowest BCUT2D eigenvalue weighted by Gasteiger charge is -2.10. The molecule has 3 N–H and O–H groups in total. The minimum absolute atomic E-state index is 0.277. The van der Waals surface area contributed by atoms with E-state index < -0.39 is 5.82 Å². The molecular weight excluding hydrogens is 247 g/mol. The van der Waals surface area contributed by atoms with E-state index in [1.165, 1.54) is 13.2 Å². The second kappa shape index (κ2) is 5.51. The summed E-state index contributed by atoms with van der Waals surface area (Å²) >= 11 is 0. The molecule has 2 rings (SSSR count). The zero-order chi connectivity index (χ0) is 13.8. The Morgan fingerprint density at radius 1 is 1.32 bits per heavy atom. The number of nitrogens with two attached hydrogens (primary N) is 1. The number of aromatic nitrogens is 2. The number of nitrogens with one attached hydrogen (secondary N) is 1. The maximum atomic E-state index is 13.7. The van der Waals surface area contributed by atoms with Crippen LogP contribution in [0.25, 0.3) is 0 Å². The SMILES string of the molecule is CCc1nc(N)cc(Nc2cc(OC)ccc2F)n1. The minimum Gasteiger partial charge on any atom is -0.497 e. The number of methoxy groups -OCH3 is 1. The van der Waals surface area contributed by atoms with Crippen LogP contribution >= 0.6 is 0 Å². The standard InChI is InChI=1S/C13H15FN4O/c1-3-12-17-11(15)7-13(18-12)16-10-6-8(19-2)4-5-9(10)14/h4-7H,3H2,1-2H3,(H3,15,16,17,18). The number of halogens is 1. The topological polar surface area (TPSA) is 73.1 Å². The molecule has 0 fully saturated rings. The van der Waals surface area contributed by atoms with Crippen molar-refractivity contribution in [2.45, 2.75) is 13.3 Å². The van der Waals surface area contributed by atoms with Crippen LogP contribution < -0.4 is 15.8 Å². The van der Waals surface area contributed by atoms with Crippen LogP contribution in [0, 0.1) is 5.82 Å². The van der Waals surface area contributed by atoms with Crippen LogP contribution in [0.4, 0.5) is 21.7 Å². The average molecular weight is 262 g/mol. The highest BCUT2D eigenvalue weighted by Gasteiger charge is 2.07. The van der Waals surface area contributed by atoms with E-state index in [1.54, 1.807) is 18.2 Å². The van der Waals surface area contributed by atoms with Gasteiger partial charge in [0.05, 0.1) is 12.8 Å². The number of nitrogen functional groups attached to an aromatic ring is 1. The summed E-state index contributed by atoms with van der Waals surface area (Å²) in [5, 5.41) is 2.88. The van der Waals surface area contributed by atoms with Crippen molar-refractivity contribution >= 4 is 17.3 Å². The maximum absolute atomic E-state index is 13.7. The minimum atomic E-state index is -0.393. The second-order valence-corrected chi connectivity index (χ2v) is 3.92. The summed E-state index contributed by atoms with van der Waals surface area (Å²) in [7, 11) is 1.52. The zero-order valence-electron chi connectivity index (χ0n) is 10.8. The first-order chi connectivity index (χ1) is 9.12. The third-order valence-electron chi connectivity index (χ3n) is 2.54. The van der Waals surface area contributed by atoms with Crippen LogP contribution in [0.1, 0.15) is 12.7 Å². The lowest BCUT2D eigenvalue weighted by molar-refractivity contribution is 0.414. The summed E-state index contributed by atoms with van der Waals surface area (Å²) in [4.78, 5) is 8.29. The van der Waals surface area contributed by atoms with Gasteiger partial charge in [0.15, 0.2) is 0 Å². The van der Waals surface area contributed by atoms with E-state index in [2.05, 4.69) is 15.3 Å². The summed E-state index contributed by atoms with van der Waals surface area (Å²) in [6.45, 7) is 1.92. The summed E-state index contributed by atoms with van der Waals surface area (Å²) < 4.78 is 18.7. The Balaban J connectivity index is 2.32. The largest absolute Gasteiger partial charge is 0.497 e. The third-order valence-corrected chi connectivity index (χ3v) is 2.54. The molecular formula is C13H15FN4O. The summed E-state index contributed by atoms with van der Waals surface area (Å²) in [5.41, 5.74) is 5.95. The van der Waals surface area contributed by atoms with Crippen LogP contribution in [0.2, 0.25) is 0 Å². The van der Waals surface area contributed by atoms with Gasteiger partial charge in [-0.05, 0) is 12.1 Å². The van der Waals surface area contributed by atoms with Gasteiger partial charge in [0.2, 0.25) is 0 Å². The van der Waals surface area contributed by atoms with Crippen molar-refractivity contribution in [1.82, 2.24) is 9.97 Å². The molecule has 6 heteroatoms. The molecule has 2 aromatic rings. The van der Waals surface area contributed by atoms with E-state index in [4.69, 9.17) is 10.5 Å². The number of hydrogen-bond acceptors (Lipinski definition) is 5. The lowest BCUT2D eigenvalue weighted by Crippen LogP contribution is -2.03. The van der Waals surface area contributed by atoms with Crippen molar-refractivity contribution in [3.8, 4) is 5.75 Å². The van der Waals surface area contributed by atoms with Gasteiger partial charge in [-0.1, -0.05) is 6.92 Å². The first-order valence-electron chi connectivity index (χ1n) is 5.86. The molecule has 1 heterocycles. The maximum Gasteiger partial charge on any atom is 0.146 e. The monoisotopic (exact) mass is 262 g/mol. The van der Waals surface area contributed by atoms with Gasteiger partial charge < -0.3 is 15.8 Å². The molecule has 1 aromatic carbocycles. The van der Waals surface area contributed by atoms with Gasteiger partial charge in [0.1, 0.15) is 29.0 Å². The van der Waals surface area contributed by atoms with E-state index in [-0.39, 0.29) is 5.69 Å². The van der Waals surface area contributed by atoms with E-state index >= 15 is 0 Å². The van der Waals surface area contributed by atoms with E-state index in [1.807, 2.05) is 6.92 Å². The predicted octanol–water partition coefficient (Wildman–Crippen LogP) is 2.51. The molecule has 0 atom stereocenters. The highest BCUT2D eigenvalue weighted by atomic mass is 19.1. The van der Waals surface area contributed by atoms with Gasteiger partial charge in [0, 0.05) is 18.6 Å². The molecule has 0 amide bonds. The van der Waals surface area contributed by atoms with Crippen molar-refractivity contribution in [3.63, 3.8) is 0 Å². The average Bonchev–Trinajstić information content (AvgIpc) is 2.40. The fourth-order valence-corrected chi connectivity index (χ4v) is 1.60. The molecule has 0 saturated carbocycles. The summed E-state index contributed by atoms with van der Waals surface area (Å²) in [5.74, 6) is 1.57. The number of nitrogens with zero attached hydrogens (tertiary/aromatic N) is 2. The smallest absolute Gasteiger partial charge is 0.146 e. The molecule has 1 aromatic heterocycles. The Morgan fingerprint density at radius 3 is 2.79 bits per heavy atom. The van der Waals surface area contributed by atoms with E-state index in [0.717, 1.165) is 0 Å². The van der Waals surface area contributed by atoms with E-state index in [0.29, 0.717) is 29.6 Å². The summed E-state index contributed by atoms with van der Waals surface area (Å²) in [6.07, 6.45) is 0.653. The van der Waals surface area contributed by atoms with Gasteiger partial charge in [0.25, 0.3) is 0 Å². The molecule has 0 radical (unpaired) electrons. The molecule has 0 bridgehead atoms. The first kappa shape index (κ1) is 13.1. The Kier molecular flexibility index (Phi) is 3.79. The van der Waals surface area contributed by atoms with Crippen molar-refractivity contribution in [3.05, 3.63) is 35.9 Å². The molecule has 0 aliphatic carbocycles. The van der Waals surface area contributed by atoms with Gasteiger partial charge in [-0.25, -0.2) is 14.4 Å². The number of ether oxygens (including phenoxy) is 1. The molecule has 0 aliphatic heterocycles. The Hall–Kier alpha value is -2.37. The van der Waals surface area contributed by atoms with Crippen LogP contribution in [-0.2, 0) is 6.42 Å². The van der Waals surface area contributed by atoms with Crippen molar-refractivity contribution < 1.29 is 9.13 Å². The molecule has 0 unspecified atom stereocenters. The van der Waals surface area contributed by atoms with E-state index in [9.17, 15) is 4.39 Å². The number of anilines is 3. The van der Waals surface area contributed by atoms with Gasteiger partial charge in [-0.15, -0.1) is 0 Å². The Morgan fingerprint density at radius 2 is 2.11 bits per heavy atom. The van der Waals surface area contributed by atoms with Crippen LogP contribution in [0.5, 0.6) is 5.75 Å². The van der Waals surface area contributed by atoms with Crippen LogP contribution in [0.3, 0.4) is 0 Å². The highest BCUT2D eigenvalue weighted by Crippen LogP contribution is 2.24. The number of benzene rings is 1. The zero-order valence-corrected chi connectivity index (χ0v) is 10.8. The quantitative estimate of drug-likeness (QED) is 0.885. The molecule has 0 saturated heterocycles. The highest BCUT2D eigenvalue weighted by molar-refractivity contribution is 5.60. The Labute approximate surface area is 110 Å². The molecule has 5 nitrogen and oxygen atoms in total. The third kappa shape index (κ3) is 3.09. The Bertz CT molecular complexity index is 589. The predicted molar refractivity (Wildman–Crippen MR) is 72.1 cm³/mol.